The van der Waals surface area contributed by atoms with E-state index in [1.54, 1.807) is 0 Å². The Morgan fingerprint density at radius 1 is 1.40 bits per heavy atom. The molecule has 20 heavy (non-hydrogen) atoms. The molecule has 0 fully saturated rings. The lowest BCUT2D eigenvalue weighted by Crippen LogP contribution is -2.33. The molecule has 0 aliphatic heterocycles. The summed E-state index contributed by atoms with van der Waals surface area (Å²) < 4.78 is 0. The standard InChI is InChI=1S/C14H24N4S.HI/c1-2-3-9-16-14(15)17-10-8-13-18-11-6-4-5-7-12(11)19-13;/h2-10H2,1H3,(H3,15,16,17);1H. The number of nitrogens with zero attached hydrogens (tertiary/aromatic N) is 2. The highest BCUT2D eigenvalue weighted by molar-refractivity contribution is 14.0. The van der Waals surface area contributed by atoms with Gasteiger partial charge in [0.25, 0.3) is 0 Å². The molecule has 0 atom stereocenters. The molecule has 3 N–H and O–H groups in total. The van der Waals surface area contributed by atoms with E-state index in [-0.39, 0.29) is 24.0 Å². The van der Waals surface area contributed by atoms with E-state index in [0.29, 0.717) is 5.96 Å². The Bertz CT molecular complexity index is 407. The first-order valence-electron chi connectivity index (χ1n) is 7.31. The molecule has 0 radical (unpaired) electrons. The van der Waals surface area contributed by atoms with Gasteiger partial charge in [0.15, 0.2) is 5.96 Å². The van der Waals surface area contributed by atoms with Crippen LogP contribution in [0.4, 0.5) is 0 Å². The Hall–Kier alpha value is -0.370. The van der Waals surface area contributed by atoms with Gasteiger partial charge in [-0.2, -0.15) is 0 Å². The van der Waals surface area contributed by atoms with Gasteiger partial charge in [0, 0.05) is 24.4 Å². The van der Waals surface area contributed by atoms with Crippen LogP contribution in [0, 0.1) is 0 Å². The Labute approximate surface area is 142 Å². The summed E-state index contributed by atoms with van der Waals surface area (Å²) >= 11 is 1.88. The van der Waals surface area contributed by atoms with Gasteiger partial charge in [-0.15, -0.1) is 35.3 Å². The van der Waals surface area contributed by atoms with Crippen LogP contribution in [0.25, 0.3) is 0 Å². The Morgan fingerprint density at radius 2 is 2.20 bits per heavy atom. The molecule has 0 unspecified atom stereocenters. The highest BCUT2D eigenvalue weighted by Gasteiger charge is 2.14. The molecular weight excluding hydrogens is 383 g/mol. The lowest BCUT2D eigenvalue weighted by Gasteiger charge is -2.06. The first-order chi connectivity index (χ1) is 9.29. The maximum atomic E-state index is 5.80. The third-order valence-electron chi connectivity index (χ3n) is 3.33. The molecule has 1 aromatic rings. The molecule has 0 saturated heterocycles. The van der Waals surface area contributed by atoms with Gasteiger partial charge in [-0.05, 0) is 32.1 Å². The molecule has 0 saturated carbocycles. The molecule has 2 rings (SSSR count). The minimum atomic E-state index is 0. The van der Waals surface area contributed by atoms with E-state index in [9.17, 15) is 0 Å². The molecule has 0 aromatic carbocycles. The highest BCUT2D eigenvalue weighted by Crippen LogP contribution is 2.26. The van der Waals surface area contributed by atoms with Crippen molar-refractivity contribution < 1.29 is 0 Å². The molecule has 114 valence electrons. The van der Waals surface area contributed by atoms with E-state index in [4.69, 9.17) is 10.7 Å². The predicted molar refractivity (Wildman–Crippen MR) is 97.3 cm³/mol. The number of unbranched alkanes of at least 4 members (excludes halogenated alkanes) is 1. The molecule has 1 aromatic heterocycles. The van der Waals surface area contributed by atoms with Gasteiger partial charge in [0.05, 0.1) is 10.7 Å². The highest BCUT2D eigenvalue weighted by atomic mass is 127. The number of fused-ring (bicyclic) bond motifs is 1. The number of thiazole rings is 1. The third-order valence-corrected chi connectivity index (χ3v) is 4.55. The smallest absolute Gasteiger partial charge is 0.188 e. The number of nitrogens with two attached hydrogens (primary N) is 1. The average molecular weight is 408 g/mol. The number of guanidine groups is 1. The van der Waals surface area contributed by atoms with E-state index in [0.717, 1.165) is 32.4 Å². The van der Waals surface area contributed by atoms with Crippen LogP contribution in [-0.4, -0.2) is 24.0 Å². The second-order valence-electron chi connectivity index (χ2n) is 4.98. The van der Waals surface area contributed by atoms with Gasteiger partial charge in [-0.3, -0.25) is 4.99 Å². The van der Waals surface area contributed by atoms with Gasteiger partial charge < -0.3 is 11.1 Å². The van der Waals surface area contributed by atoms with Crippen LogP contribution in [-0.2, 0) is 19.3 Å². The lowest BCUT2D eigenvalue weighted by molar-refractivity contribution is 0.680. The Morgan fingerprint density at radius 3 is 2.95 bits per heavy atom. The number of hydrogen-bond donors (Lipinski definition) is 2. The number of halogens is 1. The Balaban J connectivity index is 0.00000200. The normalized spacial score (nSPS) is 14.6. The van der Waals surface area contributed by atoms with Crippen LogP contribution >= 0.6 is 35.3 Å². The van der Waals surface area contributed by atoms with Gasteiger partial charge in [-0.25, -0.2) is 4.98 Å². The number of aryl methyl sites for hydroxylation is 2. The fourth-order valence-corrected chi connectivity index (χ4v) is 3.38. The van der Waals surface area contributed by atoms with Crippen LogP contribution in [0.5, 0.6) is 0 Å². The van der Waals surface area contributed by atoms with Crippen molar-refractivity contribution in [2.24, 2.45) is 10.7 Å². The molecule has 6 heteroatoms. The van der Waals surface area contributed by atoms with Crippen molar-refractivity contribution >= 4 is 41.3 Å². The SMILES string of the molecule is CCCCN=C(N)NCCc1nc2c(s1)CCCC2.I. The van der Waals surface area contributed by atoms with Crippen molar-refractivity contribution in [3.8, 4) is 0 Å². The van der Waals surface area contributed by atoms with Crippen molar-refractivity contribution in [2.75, 3.05) is 13.1 Å². The fraction of sp³-hybridized carbons (Fsp3) is 0.714. The maximum Gasteiger partial charge on any atom is 0.188 e. The molecule has 0 bridgehead atoms. The zero-order chi connectivity index (χ0) is 13.5. The number of rotatable bonds is 6. The molecular formula is C14H25IN4S. The van der Waals surface area contributed by atoms with Crippen LogP contribution in [0.15, 0.2) is 4.99 Å². The zero-order valence-corrected chi connectivity index (χ0v) is 15.3. The second-order valence-corrected chi connectivity index (χ2v) is 6.15. The fourth-order valence-electron chi connectivity index (χ4n) is 2.22. The van der Waals surface area contributed by atoms with Crippen molar-refractivity contribution in [3.05, 3.63) is 15.6 Å². The van der Waals surface area contributed by atoms with Crippen LogP contribution in [0.2, 0.25) is 0 Å². The molecule has 0 spiro atoms. The van der Waals surface area contributed by atoms with Gasteiger partial charge in [0.2, 0.25) is 0 Å². The first-order valence-corrected chi connectivity index (χ1v) is 8.12. The van der Waals surface area contributed by atoms with Crippen molar-refractivity contribution in [3.63, 3.8) is 0 Å². The monoisotopic (exact) mass is 408 g/mol. The molecule has 1 heterocycles. The number of aromatic nitrogens is 1. The Kier molecular flexibility index (Phi) is 8.44. The summed E-state index contributed by atoms with van der Waals surface area (Å²) in [5.41, 5.74) is 7.14. The minimum absolute atomic E-state index is 0. The molecule has 1 aliphatic rings. The summed E-state index contributed by atoms with van der Waals surface area (Å²) in [4.78, 5) is 10.5. The zero-order valence-electron chi connectivity index (χ0n) is 12.2. The summed E-state index contributed by atoms with van der Waals surface area (Å²) in [7, 11) is 0. The van der Waals surface area contributed by atoms with Crippen molar-refractivity contribution in [1.29, 1.82) is 0 Å². The summed E-state index contributed by atoms with van der Waals surface area (Å²) in [6.07, 6.45) is 8.21. The third kappa shape index (κ3) is 5.55. The predicted octanol–water partition coefficient (Wildman–Crippen LogP) is 2.89. The molecule has 4 nitrogen and oxygen atoms in total. The van der Waals surface area contributed by atoms with Crippen LogP contribution in [0.1, 0.15) is 48.2 Å². The van der Waals surface area contributed by atoms with E-state index >= 15 is 0 Å². The van der Waals surface area contributed by atoms with E-state index in [1.807, 2.05) is 11.3 Å². The second kappa shape index (κ2) is 9.55. The first kappa shape index (κ1) is 17.7. The largest absolute Gasteiger partial charge is 0.370 e. The van der Waals surface area contributed by atoms with E-state index in [1.165, 1.54) is 41.3 Å². The summed E-state index contributed by atoms with van der Waals surface area (Å²) in [5.74, 6) is 0.565. The van der Waals surface area contributed by atoms with Gasteiger partial charge in [0.1, 0.15) is 0 Å². The van der Waals surface area contributed by atoms with Gasteiger partial charge in [-0.1, -0.05) is 13.3 Å². The summed E-state index contributed by atoms with van der Waals surface area (Å²) in [5, 5.41) is 4.40. The minimum Gasteiger partial charge on any atom is -0.370 e. The number of aliphatic imine (C=N–C) groups is 1. The van der Waals surface area contributed by atoms with Gasteiger partial charge >= 0.3 is 0 Å². The van der Waals surface area contributed by atoms with Crippen LogP contribution in [0.3, 0.4) is 0 Å². The topological polar surface area (TPSA) is 63.3 Å². The van der Waals surface area contributed by atoms with E-state index in [2.05, 4.69) is 17.2 Å². The maximum absolute atomic E-state index is 5.80. The average Bonchev–Trinajstić information content (AvgIpc) is 2.81. The summed E-state index contributed by atoms with van der Waals surface area (Å²) in [6, 6.07) is 0. The quantitative estimate of drug-likeness (QED) is 0.329. The molecule has 1 aliphatic carbocycles. The number of nitrogens with one attached hydrogen (secondary N) is 1. The number of hydrogen-bond acceptors (Lipinski definition) is 3. The van der Waals surface area contributed by atoms with Crippen molar-refractivity contribution in [1.82, 2.24) is 10.3 Å². The molecule has 0 amide bonds. The van der Waals surface area contributed by atoms with E-state index < -0.39 is 0 Å². The lowest BCUT2D eigenvalue weighted by atomic mass is 10.0. The van der Waals surface area contributed by atoms with Crippen LogP contribution < -0.4 is 11.1 Å². The van der Waals surface area contributed by atoms with Crippen molar-refractivity contribution in [2.45, 2.75) is 51.9 Å². The summed E-state index contributed by atoms with van der Waals surface area (Å²) in [6.45, 7) is 3.80.